The van der Waals surface area contributed by atoms with E-state index in [-0.39, 0.29) is 0 Å². The number of hydrogen-bond acceptors (Lipinski definition) is 5. The Kier molecular flexibility index (Phi) is 4.15. The molecule has 0 bridgehead atoms. The number of ether oxygens (including phenoxy) is 1. The highest BCUT2D eigenvalue weighted by atomic mass is 16.5. The van der Waals surface area contributed by atoms with Crippen molar-refractivity contribution in [1.29, 1.82) is 0 Å². The molecule has 21 heavy (non-hydrogen) atoms. The van der Waals surface area contributed by atoms with Crippen molar-refractivity contribution in [2.75, 3.05) is 25.1 Å². The number of nitrogens with one attached hydrogen (secondary N) is 1. The van der Waals surface area contributed by atoms with Crippen LogP contribution in [0.2, 0.25) is 0 Å². The molecule has 0 aliphatic carbocycles. The first kappa shape index (κ1) is 14.0. The van der Waals surface area contributed by atoms with Crippen LogP contribution in [0.5, 0.6) is 0 Å². The molecule has 0 spiro atoms. The molecule has 1 N–H and O–H groups in total. The van der Waals surface area contributed by atoms with Crippen molar-refractivity contribution in [3.63, 3.8) is 0 Å². The number of hydrogen-bond donors (Lipinski definition) is 1. The zero-order valence-corrected chi connectivity index (χ0v) is 12.5. The first-order valence-corrected chi connectivity index (χ1v) is 7.37. The van der Waals surface area contributed by atoms with Crippen molar-refractivity contribution in [2.45, 2.75) is 32.7 Å². The quantitative estimate of drug-likeness (QED) is 0.910. The Labute approximate surface area is 124 Å². The lowest BCUT2D eigenvalue weighted by Crippen LogP contribution is -2.14. The van der Waals surface area contributed by atoms with Crippen molar-refractivity contribution >= 4 is 5.82 Å². The molecular weight excluding hydrogens is 266 g/mol. The van der Waals surface area contributed by atoms with E-state index in [1.165, 1.54) is 5.69 Å². The molecule has 0 saturated carbocycles. The molecule has 1 aliphatic rings. The van der Waals surface area contributed by atoms with E-state index in [4.69, 9.17) is 4.74 Å². The van der Waals surface area contributed by atoms with Gasteiger partial charge in [0.25, 0.3) is 0 Å². The molecule has 112 valence electrons. The summed E-state index contributed by atoms with van der Waals surface area (Å²) in [4.78, 5) is 8.63. The van der Waals surface area contributed by atoms with Gasteiger partial charge in [0.2, 0.25) is 0 Å². The summed E-state index contributed by atoms with van der Waals surface area (Å²) in [5, 5.41) is 7.79. The molecule has 1 unspecified atom stereocenters. The summed E-state index contributed by atoms with van der Waals surface area (Å²) in [7, 11) is 0. The molecule has 6 nitrogen and oxygen atoms in total. The van der Waals surface area contributed by atoms with Crippen LogP contribution in [0.4, 0.5) is 5.82 Å². The third-order valence-corrected chi connectivity index (χ3v) is 3.77. The molecule has 2 aromatic heterocycles. The lowest BCUT2D eigenvalue weighted by atomic mass is 10.1. The summed E-state index contributed by atoms with van der Waals surface area (Å²) in [6.45, 7) is 7.29. The largest absolute Gasteiger partial charge is 0.381 e. The van der Waals surface area contributed by atoms with Gasteiger partial charge in [-0.05, 0) is 26.3 Å². The average molecular weight is 287 g/mol. The molecule has 0 amide bonds. The second-order valence-electron chi connectivity index (χ2n) is 5.47. The van der Waals surface area contributed by atoms with Gasteiger partial charge in [-0.2, -0.15) is 5.10 Å². The van der Waals surface area contributed by atoms with Crippen LogP contribution in [0.15, 0.2) is 18.5 Å². The smallest absolute Gasteiger partial charge is 0.129 e. The van der Waals surface area contributed by atoms with Gasteiger partial charge in [0.15, 0.2) is 0 Å². The van der Waals surface area contributed by atoms with E-state index in [1.807, 2.05) is 17.7 Å². The highest BCUT2D eigenvalue weighted by molar-refractivity contribution is 5.35. The van der Waals surface area contributed by atoms with Gasteiger partial charge < -0.3 is 10.1 Å². The third-order valence-electron chi connectivity index (χ3n) is 3.77. The van der Waals surface area contributed by atoms with Gasteiger partial charge in [0.1, 0.15) is 12.1 Å². The van der Waals surface area contributed by atoms with E-state index in [0.29, 0.717) is 5.92 Å². The van der Waals surface area contributed by atoms with Gasteiger partial charge in [-0.3, -0.25) is 4.68 Å². The second kappa shape index (κ2) is 6.22. The van der Waals surface area contributed by atoms with E-state index in [1.54, 1.807) is 6.33 Å². The van der Waals surface area contributed by atoms with Gasteiger partial charge in [0.05, 0.1) is 24.5 Å². The van der Waals surface area contributed by atoms with Gasteiger partial charge in [0, 0.05) is 30.8 Å². The maximum Gasteiger partial charge on any atom is 0.129 e. The summed E-state index contributed by atoms with van der Waals surface area (Å²) in [5.74, 6) is 1.28. The summed E-state index contributed by atoms with van der Waals surface area (Å²) in [6.07, 6.45) is 2.67. The van der Waals surface area contributed by atoms with Crippen LogP contribution in [0.1, 0.15) is 29.4 Å². The van der Waals surface area contributed by atoms with Crippen LogP contribution in [0.25, 0.3) is 0 Å². The number of aromatic nitrogens is 4. The molecule has 1 saturated heterocycles. The Morgan fingerprint density at radius 3 is 2.95 bits per heavy atom. The fourth-order valence-corrected chi connectivity index (χ4v) is 2.65. The molecule has 6 heteroatoms. The summed E-state index contributed by atoms with van der Waals surface area (Å²) >= 11 is 0. The Morgan fingerprint density at radius 2 is 2.24 bits per heavy atom. The Bertz CT molecular complexity index is 604. The predicted octanol–water partition coefficient (Wildman–Crippen LogP) is 1.91. The van der Waals surface area contributed by atoms with Crippen LogP contribution >= 0.6 is 0 Å². The number of anilines is 1. The second-order valence-corrected chi connectivity index (χ2v) is 5.47. The maximum atomic E-state index is 5.41. The maximum absolute atomic E-state index is 5.41. The van der Waals surface area contributed by atoms with Crippen LogP contribution in [0, 0.1) is 13.8 Å². The number of nitrogens with zero attached hydrogens (tertiary/aromatic N) is 4. The van der Waals surface area contributed by atoms with Gasteiger partial charge in [-0.25, -0.2) is 9.97 Å². The molecule has 2 aromatic rings. The van der Waals surface area contributed by atoms with E-state index in [0.717, 1.165) is 49.9 Å². The van der Waals surface area contributed by atoms with Crippen LogP contribution in [-0.4, -0.2) is 39.5 Å². The molecule has 1 fully saturated rings. The normalized spacial score (nSPS) is 18.1. The van der Waals surface area contributed by atoms with Gasteiger partial charge >= 0.3 is 0 Å². The minimum absolute atomic E-state index is 0.407. The molecule has 1 atom stereocenters. The molecule has 0 radical (unpaired) electrons. The van der Waals surface area contributed by atoms with E-state index < -0.39 is 0 Å². The monoisotopic (exact) mass is 287 g/mol. The molecule has 1 aliphatic heterocycles. The molecule has 3 heterocycles. The first-order chi connectivity index (χ1) is 10.2. The minimum Gasteiger partial charge on any atom is -0.381 e. The van der Waals surface area contributed by atoms with Gasteiger partial charge in [-0.15, -0.1) is 0 Å². The SMILES string of the molecule is Cc1cc(C)n(CCNc2cc(C3CCOC3)ncn2)n1. The highest BCUT2D eigenvalue weighted by Crippen LogP contribution is 2.24. The average Bonchev–Trinajstić information content (AvgIpc) is 3.10. The number of aryl methyl sites for hydroxylation is 2. The fraction of sp³-hybridized carbons (Fsp3) is 0.533. The fourth-order valence-electron chi connectivity index (χ4n) is 2.65. The van der Waals surface area contributed by atoms with Crippen LogP contribution < -0.4 is 5.32 Å². The summed E-state index contributed by atoms with van der Waals surface area (Å²) < 4.78 is 7.42. The number of rotatable bonds is 5. The van der Waals surface area contributed by atoms with E-state index in [9.17, 15) is 0 Å². The Hall–Kier alpha value is -1.95. The molecule has 0 aromatic carbocycles. The van der Waals surface area contributed by atoms with Gasteiger partial charge in [-0.1, -0.05) is 0 Å². The van der Waals surface area contributed by atoms with Crippen LogP contribution in [0.3, 0.4) is 0 Å². The zero-order chi connectivity index (χ0) is 14.7. The van der Waals surface area contributed by atoms with Crippen LogP contribution in [-0.2, 0) is 11.3 Å². The third kappa shape index (κ3) is 3.39. The molecule has 3 rings (SSSR count). The highest BCUT2D eigenvalue weighted by Gasteiger charge is 2.19. The van der Waals surface area contributed by atoms with Crippen molar-refractivity contribution in [2.24, 2.45) is 0 Å². The lowest BCUT2D eigenvalue weighted by molar-refractivity contribution is 0.193. The summed E-state index contributed by atoms with van der Waals surface area (Å²) in [6, 6.07) is 4.11. The predicted molar refractivity (Wildman–Crippen MR) is 80.4 cm³/mol. The van der Waals surface area contributed by atoms with E-state index in [2.05, 4.69) is 33.4 Å². The minimum atomic E-state index is 0.407. The summed E-state index contributed by atoms with van der Waals surface area (Å²) in [5.41, 5.74) is 3.30. The van der Waals surface area contributed by atoms with Crippen molar-refractivity contribution in [3.8, 4) is 0 Å². The Morgan fingerprint density at radius 1 is 1.33 bits per heavy atom. The zero-order valence-electron chi connectivity index (χ0n) is 12.5. The van der Waals surface area contributed by atoms with Crippen molar-refractivity contribution in [1.82, 2.24) is 19.7 Å². The topological polar surface area (TPSA) is 64.9 Å². The van der Waals surface area contributed by atoms with Crippen molar-refractivity contribution in [3.05, 3.63) is 35.5 Å². The lowest BCUT2D eigenvalue weighted by Gasteiger charge is -2.10. The molecular formula is C15H21N5O. The standard InChI is InChI=1S/C15H21N5O/c1-11-7-12(2)20(19-11)5-4-16-15-8-14(17-10-18-15)13-3-6-21-9-13/h7-8,10,13H,3-6,9H2,1-2H3,(H,16,17,18). The Balaban J connectivity index is 1.57. The van der Waals surface area contributed by atoms with Crippen molar-refractivity contribution < 1.29 is 4.74 Å². The first-order valence-electron chi connectivity index (χ1n) is 7.37. The van der Waals surface area contributed by atoms with E-state index >= 15 is 0 Å².